The topological polar surface area (TPSA) is 34.2 Å². The molecule has 1 N–H and O–H groups in total. The second-order valence-corrected chi connectivity index (χ2v) is 5.56. The van der Waals surface area contributed by atoms with Crippen LogP contribution in [0.5, 0.6) is 11.6 Å². The molecule has 100 valence electrons. The lowest BCUT2D eigenvalue weighted by Crippen LogP contribution is -1.97. The average Bonchev–Trinajstić information content (AvgIpc) is 2.35. The van der Waals surface area contributed by atoms with Crippen LogP contribution in [0.1, 0.15) is 5.56 Å². The van der Waals surface area contributed by atoms with Crippen LogP contribution >= 0.6 is 39.1 Å². The molecule has 0 saturated carbocycles. The highest BCUT2D eigenvalue weighted by Crippen LogP contribution is 2.36. The molecular weight excluding hydrogens is 351 g/mol. The summed E-state index contributed by atoms with van der Waals surface area (Å²) in [5.41, 5.74) is 1.13. The van der Waals surface area contributed by atoms with E-state index in [0.29, 0.717) is 27.5 Å². The van der Waals surface area contributed by atoms with Gasteiger partial charge in [-0.25, -0.2) is 0 Å². The molecule has 0 fully saturated rings. The fourth-order valence-electron chi connectivity index (χ4n) is 1.49. The van der Waals surface area contributed by atoms with Crippen molar-refractivity contribution in [1.82, 2.24) is 4.98 Å². The van der Waals surface area contributed by atoms with Crippen LogP contribution in [0.15, 0.2) is 28.7 Å². The second-order valence-electron chi connectivity index (χ2n) is 3.89. The first-order chi connectivity index (χ1) is 9.01. The van der Waals surface area contributed by atoms with Crippen LogP contribution in [0.3, 0.4) is 0 Å². The summed E-state index contributed by atoms with van der Waals surface area (Å²) in [5, 5.41) is 3.68. The van der Waals surface area contributed by atoms with Gasteiger partial charge in [0.15, 0.2) is 0 Å². The molecule has 0 aliphatic heterocycles. The van der Waals surface area contributed by atoms with Crippen molar-refractivity contribution in [1.29, 1.82) is 0 Å². The van der Waals surface area contributed by atoms with E-state index in [-0.39, 0.29) is 0 Å². The van der Waals surface area contributed by atoms with E-state index in [9.17, 15) is 0 Å². The van der Waals surface area contributed by atoms with Gasteiger partial charge in [0.2, 0.25) is 5.88 Å². The van der Waals surface area contributed by atoms with Crippen molar-refractivity contribution >= 4 is 44.9 Å². The summed E-state index contributed by atoms with van der Waals surface area (Å²) in [6.07, 6.45) is 0. The number of aromatic nitrogens is 1. The number of anilines is 1. The van der Waals surface area contributed by atoms with Gasteiger partial charge in [0.05, 0.1) is 9.50 Å². The quantitative estimate of drug-likeness (QED) is 0.806. The van der Waals surface area contributed by atoms with Gasteiger partial charge in [0.25, 0.3) is 0 Å². The van der Waals surface area contributed by atoms with Crippen LogP contribution in [-0.2, 0) is 0 Å². The third kappa shape index (κ3) is 3.32. The summed E-state index contributed by atoms with van der Waals surface area (Å²) < 4.78 is 6.54. The molecule has 0 bridgehead atoms. The Labute approximate surface area is 130 Å². The molecule has 19 heavy (non-hydrogen) atoms. The molecule has 0 saturated heterocycles. The maximum Gasteiger partial charge on any atom is 0.240 e. The van der Waals surface area contributed by atoms with E-state index in [4.69, 9.17) is 27.9 Å². The van der Waals surface area contributed by atoms with Crippen LogP contribution in [0.25, 0.3) is 0 Å². The molecule has 0 amide bonds. The third-order valence-electron chi connectivity index (χ3n) is 2.43. The number of aryl methyl sites for hydroxylation is 1. The summed E-state index contributed by atoms with van der Waals surface area (Å²) in [5.74, 6) is 1.47. The summed E-state index contributed by atoms with van der Waals surface area (Å²) in [4.78, 5) is 4.23. The van der Waals surface area contributed by atoms with Gasteiger partial charge in [0, 0.05) is 7.05 Å². The van der Waals surface area contributed by atoms with Gasteiger partial charge >= 0.3 is 0 Å². The standard InChI is InChI=1S/C13H11BrCl2N2O/c1-7-3-4-11(8(14)5-7)19-13-10(16)6-9(15)12(17-2)18-13/h3-6H,1-2H3,(H,17,18). The number of halogens is 3. The van der Waals surface area contributed by atoms with E-state index in [2.05, 4.69) is 26.2 Å². The maximum absolute atomic E-state index is 6.08. The Kier molecular flexibility index (Phi) is 4.55. The number of rotatable bonds is 3. The molecule has 2 rings (SSSR count). The fraction of sp³-hybridized carbons (Fsp3) is 0.154. The second kappa shape index (κ2) is 5.99. The number of hydrogen-bond acceptors (Lipinski definition) is 3. The molecule has 3 nitrogen and oxygen atoms in total. The minimum absolute atomic E-state index is 0.306. The van der Waals surface area contributed by atoms with Crippen molar-refractivity contribution in [3.63, 3.8) is 0 Å². The summed E-state index contributed by atoms with van der Waals surface area (Å²) in [6.45, 7) is 2.00. The SMILES string of the molecule is CNc1nc(Oc2ccc(C)cc2Br)c(Cl)cc1Cl. The van der Waals surface area contributed by atoms with Crippen LogP contribution in [0.2, 0.25) is 10.0 Å². The van der Waals surface area contributed by atoms with Crippen molar-refractivity contribution in [3.8, 4) is 11.6 Å². The highest BCUT2D eigenvalue weighted by Gasteiger charge is 2.12. The fourth-order valence-corrected chi connectivity index (χ4v) is 2.56. The van der Waals surface area contributed by atoms with Crippen LogP contribution in [0, 0.1) is 6.92 Å². The number of nitrogens with zero attached hydrogens (tertiary/aromatic N) is 1. The molecule has 0 atom stereocenters. The van der Waals surface area contributed by atoms with Crippen molar-refractivity contribution in [2.24, 2.45) is 0 Å². The number of benzene rings is 1. The Balaban J connectivity index is 2.37. The third-order valence-corrected chi connectivity index (χ3v) is 3.61. The molecule has 0 spiro atoms. The van der Waals surface area contributed by atoms with Crippen molar-refractivity contribution in [3.05, 3.63) is 44.3 Å². The number of hydrogen-bond donors (Lipinski definition) is 1. The minimum atomic E-state index is 0.306. The smallest absolute Gasteiger partial charge is 0.240 e. The number of pyridine rings is 1. The highest BCUT2D eigenvalue weighted by molar-refractivity contribution is 9.10. The van der Waals surface area contributed by atoms with Gasteiger partial charge in [-0.3, -0.25) is 0 Å². The normalized spacial score (nSPS) is 10.4. The summed E-state index contributed by atoms with van der Waals surface area (Å²) >= 11 is 15.5. The molecule has 2 aromatic rings. The van der Waals surface area contributed by atoms with Gasteiger partial charge < -0.3 is 10.1 Å². The van der Waals surface area contributed by atoms with Gasteiger partial charge in [-0.15, -0.1) is 0 Å². The largest absolute Gasteiger partial charge is 0.436 e. The first-order valence-electron chi connectivity index (χ1n) is 5.49. The number of nitrogens with one attached hydrogen (secondary N) is 1. The molecule has 0 aliphatic rings. The lowest BCUT2D eigenvalue weighted by molar-refractivity contribution is 0.461. The monoisotopic (exact) mass is 360 g/mol. The van der Waals surface area contributed by atoms with Gasteiger partial charge in [-0.2, -0.15) is 4.98 Å². The van der Waals surface area contributed by atoms with E-state index < -0.39 is 0 Å². The Bertz CT molecular complexity index is 620. The predicted octanol–water partition coefficient (Wildman–Crippen LogP) is 5.29. The highest BCUT2D eigenvalue weighted by atomic mass is 79.9. The summed E-state index contributed by atoms with van der Waals surface area (Å²) in [7, 11) is 1.73. The molecular formula is C13H11BrCl2N2O. The number of ether oxygens (including phenoxy) is 1. The van der Waals surface area contributed by atoms with Gasteiger partial charge in [-0.05, 0) is 46.6 Å². The first kappa shape index (κ1) is 14.4. The zero-order chi connectivity index (χ0) is 14.0. The first-order valence-corrected chi connectivity index (χ1v) is 7.04. The van der Waals surface area contributed by atoms with Crippen molar-refractivity contribution in [2.45, 2.75) is 6.92 Å². The van der Waals surface area contributed by atoms with E-state index in [1.165, 1.54) is 0 Å². The lowest BCUT2D eigenvalue weighted by Gasteiger charge is -2.11. The van der Waals surface area contributed by atoms with Crippen molar-refractivity contribution < 1.29 is 4.74 Å². The molecule has 0 radical (unpaired) electrons. The molecule has 1 aromatic heterocycles. The molecule has 0 unspecified atom stereocenters. The van der Waals surface area contributed by atoms with Crippen LogP contribution in [0.4, 0.5) is 5.82 Å². The van der Waals surface area contributed by atoms with Crippen molar-refractivity contribution in [2.75, 3.05) is 12.4 Å². The average molecular weight is 362 g/mol. The molecule has 6 heteroatoms. The van der Waals surface area contributed by atoms with Gasteiger partial charge in [0.1, 0.15) is 16.6 Å². The van der Waals surface area contributed by atoms with E-state index in [0.717, 1.165) is 10.0 Å². The Morgan fingerprint density at radius 1 is 1.21 bits per heavy atom. The Morgan fingerprint density at radius 3 is 2.58 bits per heavy atom. The molecule has 0 aliphatic carbocycles. The van der Waals surface area contributed by atoms with E-state index in [1.807, 2.05) is 25.1 Å². The summed E-state index contributed by atoms with van der Waals surface area (Å²) in [6, 6.07) is 7.35. The maximum atomic E-state index is 6.08. The molecule has 1 heterocycles. The zero-order valence-corrected chi connectivity index (χ0v) is 13.4. The molecule has 1 aromatic carbocycles. The lowest BCUT2D eigenvalue weighted by atomic mass is 10.2. The van der Waals surface area contributed by atoms with E-state index in [1.54, 1.807) is 13.1 Å². The van der Waals surface area contributed by atoms with Crippen LogP contribution < -0.4 is 10.1 Å². The Hall–Kier alpha value is -0.970. The van der Waals surface area contributed by atoms with E-state index >= 15 is 0 Å². The Morgan fingerprint density at radius 2 is 1.95 bits per heavy atom. The minimum Gasteiger partial charge on any atom is -0.436 e. The van der Waals surface area contributed by atoms with Crippen LogP contribution in [-0.4, -0.2) is 12.0 Å². The zero-order valence-electron chi connectivity index (χ0n) is 10.3. The predicted molar refractivity (Wildman–Crippen MR) is 82.8 cm³/mol. The van der Waals surface area contributed by atoms with Gasteiger partial charge in [-0.1, -0.05) is 29.3 Å².